The van der Waals surface area contributed by atoms with Crippen molar-refractivity contribution in [3.05, 3.63) is 0 Å². The van der Waals surface area contributed by atoms with Crippen LogP contribution in [-0.4, -0.2) is 17.4 Å². The van der Waals surface area contributed by atoms with Crippen LogP contribution in [0.15, 0.2) is 0 Å². The predicted octanol–water partition coefficient (Wildman–Crippen LogP) is -5.52. The molecule has 0 aromatic heterocycles. The average Bonchev–Trinajstić information content (AvgIpc) is 0.811. The Labute approximate surface area is 78.7 Å². The van der Waals surface area contributed by atoms with Crippen LogP contribution >= 0.6 is 0 Å². The molecule has 0 saturated carbocycles. The fraction of sp³-hybridized carbons (Fsp3) is 0. The molecule has 0 radical (unpaired) electrons. The first-order valence-corrected chi connectivity index (χ1v) is 0.752. The van der Waals surface area contributed by atoms with E-state index in [-0.39, 0.29) is 57.5 Å². The summed E-state index contributed by atoms with van der Waals surface area (Å²) in [6.07, 6.45) is 0. The summed E-state index contributed by atoms with van der Waals surface area (Å²) < 4.78 is 0. The fourth-order valence-electron chi connectivity index (χ4n) is 0. The molecule has 6 heavy (non-hydrogen) atoms. The van der Waals surface area contributed by atoms with E-state index in [0.717, 1.165) is 0 Å². The number of hydrogen-bond donors (Lipinski definition) is 3. The van der Waals surface area contributed by atoms with Crippen molar-refractivity contribution in [3.8, 4) is 0 Å². The molecular formula is H5BKNO3. The largest absolute Gasteiger partial charge is 1.00 e. The predicted molar refractivity (Wildman–Crippen MR) is 15.2 cm³/mol. The Morgan fingerprint density at radius 3 is 1.33 bits per heavy atom. The van der Waals surface area contributed by atoms with Crippen LogP contribution in [0.2, 0.25) is 0 Å². The second-order valence-corrected chi connectivity index (χ2v) is 0.326. The Balaban J connectivity index is -0.0000000450. The van der Waals surface area contributed by atoms with Crippen LogP contribution in [-0.2, 0) is 0 Å². The molecule has 0 fully saturated rings. The van der Waals surface area contributed by atoms with Crippen LogP contribution in [0.5, 0.6) is 0 Å². The first-order valence-electron chi connectivity index (χ1n) is 0.752. The second-order valence-electron chi connectivity index (χ2n) is 0.326. The van der Waals surface area contributed by atoms with E-state index >= 15 is 0 Å². The molecule has 0 bridgehead atoms. The molecular weight excluding hydrogens is 112 g/mol. The van der Waals surface area contributed by atoms with Gasteiger partial charge in [0.2, 0.25) is 0 Å². The molecule has 0 aliphatic carbocycles. The van der Waals surface area contributed by atoms with Gasteiger partial charge < -0.3 is 21.2 Å². The molecule has 0 aromatic rings. The molecule has 0 saturated heterocycles. The van der Waals surface area contributed by atoms with Crippen molar-refractivity contribution in [2.24, 2.45) is 0 Å². The molecule has 0 unspecified atom stereocenters. The second kappa shape index (κ2) is 9.74. The molecule has 0 spiro atoms. The Morgan fingerprint density at radius 2 is 1.33 bits per heavy atom. The van der Waals surface area contributed by atoms with Gasteiger partial charge in [-0.3, -0.25) is 0 Å². The quantitative estimate of drug-likeness (QED) is 0.275. The van der Waals surface area contributed by atoms with Gasteiger partial charge in [-0.05, 0) is 0 Å². The molecule has 0 aromatic carbocycles. The Hall–Kier alpha value is 1.54. The normalized spacial score (nSPS) is 4.50. The van der Waals surface area contributed by atoms with E-state index in [1.807, 2.05) is 0 Å². The molecule has 32 valence electrons. The summed E-state index contributed by atoms with van der Waals surface area (Å²) in [6, 6.07) is 0. The fourth-order valence-corrected chi connectivity index (χ4v) is 0. The Kier molecular flexibility index (Phi) is 25.4. The third-order valence-electron chi connectivity index (χ3n) is 0. The molecule has 0 rings (SSSR count). The standard InChI is InChI=1S/BH2O3.K.H3N/c2-1(3)4;;/h2-3H;;1H3/q-1;+1;. The van der Waals surface area contributed by atoms with E-state index in [0.29, 0.717) is 0 Å². The maximum Gasteiger partial charge on any atom is 1.00 e. The molecule has 0 atom stereocenters. The Morgan fingerprint density at radius 1 is 1.33 bits per heavy atom. The number of rotatable bonds is 0. The van der Waals surface area contributed by atoms with E-state index in [4.69, 9.17) is 15.1 Å². The molecule has 5 N–H and O–H groups in total. The molecule has 0 amide bonds. The molecule has 0 aliphatic rings. The smallest absolute Gasteiger partial charge is 0.832 e. The van der Waals surface area contributed by atoms with Crippen LogP contribution in [0, 0.1) is 0 Å². The van der Waals surface area contributed by atoms with E-state index in [9.17, 15) is 0 Å². The number of hydrogen-bond acceptors (Lipinski definition) is 4. The van der Waals surface area contributed by atoms with Gasteiger partial charge in [-0.15, -0.1) is 0 Å². The van der Waals surface area contributed by atoms with Gasteiger partial charge in [-0.1, -0.05) is 0 Å². The van der Waals surface area contributed by atoms with Crippen LogP contribution in [0.25, 0.3) is 0 Å². The minimum Gasteiger partial charge on any atom is -0.832 e. The summed E-state index contributed by atoms with van der Waals surface area (Å²) >= 11 is 0. The van der Waals surface area contributed by atoms with Crippen LogP contribution in [0.1, 0.15) is 0 Å². The van der Waals surface area contributed by atoms with Gasteiger partial charge >= 0.3 is 58.7 Å². The maximum atomic E-state index is 8.64. The van der Waals surface area contributed by atoms with Crippen molar-refractivity contribution in [3.63, 3.8) is 0 Å². The van der Waals surface area contributed by atoms with Gasteiger partial charge in [0, 0.05) is 0 Å². The maximum absolute atomic E-state index is 8.64. The zero-order valence-corrected chi connectivity index (χ0v) is 6.71. The summed E-state index contributed by atoms with van der Waals surface area (Å²) in [6.45, 7) is 0. The van der Waals surface area contributed by atoms with Gasteiger partial charge in [0.15, 0.2) is 0 Å². The van der Waals surface area contributed by atoms with Crippen molar-refractivity contribution < 1.29 is 66.5 Å². The van der Waals surface area contributed by atoms with Gasteiger partial charge in [0.1, 0.15) is 0 Å². The van der Waals surface area contributed by atoms with E-state index < -0.39 is 7.32 Å². The van der Waals surface area contributed by atoms with Gasteiger partial charge in [0.05, 0.1) is 0 Å². The summed E-state index contributed by atoms with van der Waals surface area (Å²) in [7, 11) is -2.42. The minimum absolute atomic E-state index is 0. The van der Waals surface area contributed by atoms with E-state index in [1.165, 1.54) is 0 Å². The molecule has 4 nitrogen and oxygen atoms in total. The third-order valence-corrected chi connectivity index (χ3v) is 0. The van der Waals surface area contributed by atoms with Crippen molar-refractivity contribution in [1.29, 1.82) is 0 Å². The Bertz CT molecular complexity index is 15.5. The monoisotopic (exact) mass is 117 g/mol. The summed E-state index contributed by atoms with van der Waals surface area (Å²) in [4.78, 5) is 0. The molecule has 0 aliphatic heterocycles. The van der Waals surface area contributed by atoms with E-state index in [1.54, 1.807) is 0 Å². The van der Waals surface area contributed by atoms with Gasteiger partial charge in [0.25, 0.3) is 0 Å². The third kappa shape index (κ3) is 48.1. The van der Waals surface area contributed by atoms with Crippen molar-refractivity contribution >= 4 is 7.32 Å². The van der Waals surface area contributed by atoms with Gasteiger partial charge in [-0.25, -0.2) is 0 Å². The SMILES string of the molecule is N.[K+].[O-]B(O)O. The summed E-state index contributed by atoms with van der Waals surface area (Å²) in [5.74, 6) is 0. The van der Waals surface area contributed by atoms with Gasteiger partial charge in [-0.2, -0.15) is 0 Å². The van der Waals surface area contributed by atoms with Crippen molar-refractivity contribution in [2.45, 2.75) is 0 Å². The van der Waals surface area contributed by atoms with Crippen molar-refractivity contribution in [1.82, 2.24) is 6.15 Å². The van der Waals surface area contributed by atoms with Crippen molar-refractivity contribution in [2.75, 3.05) is 0 Å². The van der Waals surface area contributed by atoms with Crippen LogP contribution in [0.3, 0.4) is 0 Å². The molecule has 0 heterocycles. The van der Waals surface area contributed by atoms with E-state index in [2.05, 4.69) is 0 Å². The minimum atomic E-state index is -2.42. The first-order chi connectivity index (χ1) is 1.73. The van der Waals surface area contributed by atoms with Crippen LogP contribution in [0.4, 0.5) is 0 Å². The first kappa shape index (κ1) is 15.6. The topological polar surface area (TPSA) is 98.5 Å². The molecule has 6 heteroatoms. The summed E-state index contributed by atoms with van der Waals surface area (Å²) in [5, 5.41) is 22.8. The summed E-state index contributed by atoms with van der Waals surface area (Å²) in [5.41, 5.74) is 0. The van der Waals surface area contributed by atoms with Crippen LogP contribution < -0.4 is 62.6 Å². The average molecular weight is 117 g/mol. The zero-order chi connectivity index (χ0) is 3.58. The zero-order valence-electron chi connectivity index (χ0n) is 3.59.